The van der Waals surface area contributed by atoms with Crippen molar-refractivity contribution in [3.63, 3.8) is 0 Å². The van der Waals surface area contributed by atoms with Crippen LogP contribution in [0, 0.1) is 0 Å². The number of anilines is 2. The van der Waals surface area contributed by atoms with Crippen molar-refractivity contribution in [3.05, 3.63) is 77.9 Å². The van der Waals surface area contributed by atoms with Crippen LogP contribution in [0.2, 0.25) is 0 Å². The number of alkyl halides is 6. The summed E-state index contributed by atoms with van der Waals surface area (Å²) in [4.78, 5) is 32.8. The van der Waals surface area contributed by atoms with Crippen LogP contribution in [0.4, 0.5) is 37.7 Å². The summed E-state index contributed by atoms with van der Waals surface area (Å²) in [5.74, 6) is -1.06. The molecule has 5 N–H and O–H groups in total. The molecule has 202 valence electrons. The molecule has 1 fully saturated rings. The average molecular weight is 540 g/mol. The Labute approximate surface area is 212 Å². The van der Waals surface area contributed by atoms with E-state index in [2.05, 4.69) is 32.5 Å². The zero-order valence-electron chi connectivity index (χ0n) is 19.6. The Morgan fingerprint density at radius 2 is 1.82 bits per heavy atom. The Hall–Kier alpha value is -4.36. The number of benzene rings is 1. The lowest BCUT2D eigenvalue weighted by atomic mass is 10.1. The number of hydrogen-bond donors (Lipinski definition) is 4. The van der Waals surface area contributed by atoms with E-state index in [1.54, 1.807) is 0 Å². The van der Waals surface area contributed by atoms with Crippen LogP contribution in [-0.4, -0.2) is 28.6 Å². The van der Waals surface area contributed by atoms with Crippen molar-refractivity contribution in [2.24, 2.45) is 10.7 Å². The number of aliphatic imine (C=N–C) groups is 1. The normalized spacial score (nSPS) is 15.2. The van der Waals surface area contributed by atoms with Crippen molar-refractivity contribution >= 4 is 29.4 Å². The van der Waals surface area contributed by atoms with Crippen LogP contribution in [0.15, 0.2) is 66.1 Å². The molecule has 0 bridgehead atoms. The number of carbonyl (C=O) groups is 2. The Morgan fingerprint density at radius 3 is 2.34 bits per heavy atom. The molecule has 0 radical (unpaired) electrons. The Balaban J connectivity index is 1.63. The molecule has 0 saturated heterocycles. The maximum atomic E-state index is 13.4. The lowest BCUT2D eigenvalue weighted by molar-refractivity contribution is -0.142. The molecule has 8 nitrogen and oxygen atoms in total. The first-order chi connectivity index (χ1) is 17.8. The maximum absolute atomic E-state index is 13.4. The second kappa shape index (κ2) is 10.9. The summed E-state index contributed by atoms with van der Waals surface area (Å²) in [6, 6.07) is 4.04. The smallest absolute Gasteiger partial charge is 0.404 e. The molecule has 3 rings (SSSR count). The van der Waals surface area contributed by atoms with Crippen molar-refractivity contribution in [2.45, 2.75) is 37.3 Å². The molecule has 0 unspecified atom stereocenters. The van der Waals surface area contributed by atoms with Crippen molar-refractivity contribution in [2.75, 3.05) is 5.32 Å². The lowest BCUT2D eigenvalue weighted by Crippen LogP contribution is -2.49. The maximum Gasteiger partial charge on any atom is 0.418 e. The van der Waals surface area contributed by atoms with E-state index >= 15 is 0 Å². The fraction of sp³-hybridized carbons (Fsp3) is 0.250. The van der Waals surface area contributed by atoms with Crippen molar-refractivity contribution in [1.29, 1.82) is 0 Å². The van der Waals surface area contributed by atoms with Gasteiger partial charge >= 0.3 is 12.4 Å². The minimum atomic E-state index is -5.03. The average Bonchev–Trinajstić information content (AvgIpc) is 3.63. The van der Waals surface area contributed by atoms with Crippen molar-refractivity contribution in [1.82, 2.24) is 15.6 Å². The zero-order chi connectivity index (χ0) is 28.1. The van der Waals surface area contributed by atoms with E-state index < -0.39 is 46.5 Å². The van der Waals surface area contributed by atoms with Crippen LogP contribution in [0.5, 0.6) is 0 Å². The number of aromatic nitrogens is 1. The van der Waals surface area contributed by atoms with Gasteiger partial charge in [-0.25, -0.2) is 0 Å². The number of amides is 2. The van der Waals surface area contributed by atoms with Gasteiger partial charge in [0, 0.05) is 18.6 Å². The minimum absolute atomic E-state index is 0.0324. The topological polar surface area (TPSA) is 121 Å². The molecule has 1 aliphatic rings. The summed E-state index contributed by atoms with van der Waals surface area (Å²) in [6.07, 6.45) is -4.56. The van der Waals surface area contributed by atoms with Gasteiger partial charge < -0.3 is 21.7 Å². The quantitative estimate of drug-likeness (QED) is 0.216. The summed E-state index contributed by atoms with van der Waals surface area (Å²) < 4.78 is 78.6. The Kier molecular flexibility index (Phi) is 8.13. The molecule has 1 aromatic carbocycles. The van der Waals surface area contributed by atoms with Crippen molar-refractivity contribution in [3.8, 4) is 0 Å². The summed E-state index contributed by atoms with van der Waals surface area (Å²) in [6.45, 7) is 3.34. The van der Waals surface area contributed by atoms with Gasteiger partial charge in [-0.05, 0) is 43.2 Å². The summed E-state index contributed by atoms with van der Waals surface area (Å²) in [7, 11) is 0. The summed E-state index contributed by atoms with van der Waals surface area (Å²) >= 11 is 0. The first-order valence-corrected chi connectivity index (χ1v) is 11.0. The van der Waals surface area contributed by atoms with Gasteiger partial charge in [0.05, 0.1) is 46.5 Å². The highest BCUT2D eigenvalue weighted by molar-refractivity contribution is 6.13. The Bertz CT molecular complexity index is 1260. The number of nitrogens with one attached hydrogen (secondary N) is 3. The predicted molar refractivity (Wildman–Crippen MR) is 127 cm³/mol. The lowest BCUT2D eigenvalue weighted by Gasteiger charge is -2.18. The first-order valence-electron chi connectivity index (χ1n) is 11.0. The monoisotopic (exact) mass is 540 g/mol. The van der Waals surface area contributed by atoms with E-state index in [0.717, 1.165) is 6.20 Å². The molecule has 2 amide bonds. The minimum Gasteiger partial charge on any atom is -0.404 e. The van der Waals surface area contributed by atoms with Crippen LogP contribution < -0.4 is 21.7 Å². The number of rotatable bonds is 9. The molecule has 38 heavy (non-hydrogen) atoms. The van der Waals surface area contributed by atoms with Gasteiger partial charge in [-0.15, -0.1) is 0 Å². The molecule has 0 atom stereocenters. The SMILES string of the molecule is C=CN=C/C(=C\N)C(=O)NC1(C(=O)NCc2ccc(Nc3ccc(C(F)(F)F)cc3C(F)(F)F)cn2)CC1. The van der Waals surface area contributed by atoms with Crippen molar-refractivity contribution < 1.29 is 35.9 Å². The van der Waals surface area contributed by atoms with Gasteiger partial charge in [0.1, 0.15) is 5.54 Å². The number of nitrogens with zero attached hydrogens (tertiary/aromatic N) is 2. The van der Waals surface area contributed by atoms with E-state index in [4.69, 9.17) is 5.73 Å². The molecule has 1 heterocycles. The molecule has 2 aromatic rings. The summed E-state index contributed by atoms with van der Waals surface area (Å²) in [5.41, 5.74) is 1.27. The molecule has 14 heteroatoms. The zero-order valence-corrected chi connectivity index (χ0v) is 19.6. The third-order valence-corrected chi connectivity index (χ3v) is 5.48. The molecule has 1 saturated carbocycles. The fourth-order valence-corrected chi connectivity index (χ4v) is 3.30. The van der Waals surface area contributed by atoms with Crippen LogP contribution >= 0.6 is 0 Å². The van der Waals surface area contributed by atoms with E-state index in [-0.39, 0.29) is 23.9 Å². The van der Waals surface area contributed by atoms with Gasteiger partial charge in [-0.2, -0.15) is 26.3 Å². The molecule has 1 aromatic heterocycles. The standard InChI is InChI=1S/C24H22F6N6O2/c1-2-32-11-14(10-31)20(37)36-22(7-8-22)21(38)34-12-16-4-5-17(13-33-16)35-19-6-3-15(23(25,26)27)9-18(19)24(28,29)30/h2-6,9-11,13,35H,1,7-8,12,31H2,(H,34,38)(H,36,37)/b14-10+,32-11?. The van der Waals surface area contributed by atoms with Crippen LogP contribution in [0.25, 0.3) is 0 Å². The largest absolute Gasteiger partial charge is 0.418 e. The highest BCUT2D eigenvalue weighted by atomic mass is 19.4. The van der Waals surface area contributed by atoms with Gasteiger partial charge in [0.15, 0.2) is 0 Å². The second-order valence-electron chi connectivity index (χ2n) is 8.22. The number of hydrogen-bond acceptors (Lipinski definition) is 6. The first kappa shape index (κ1) is 28.2. The van der Waals surface area contributed by atoms with E-state index in [1.807, 2.05) is 0 Å². The molecule has 1 aliphatic carbocycles. The molecule has 0 aliphatic heterocycles. The van der Waals surface area contributed by atoms with Gasteiger partial charge in [-0.1, -0.05) is 6.58 Å². The van der Waals surface area contributed by atoms with Crippen LogP contribution in [0.1, 0.15) is 29.7 Å². The van der Waals surface area contributed by atoms with E-state index in [1.165, 1.54) is 30.7 Å². The number of nitrogens with two attached hydrogens (primary N) is 1. The predicted octanol–water partition coefficient (Wildman–Crippen LogP) is 4.18. The van der Waals surface area contributed by atoms with Crippen LogP contribution in [0.3, 0.4) is 0 Å². The number of pyridine rings is 1. The van der Waals surface area contributed by atoms with E-state index in [9.17, 15) is 35.9 Å². The van der Waals surface area contributed by atoms with Crippen LogP contribution in [-0.2, 0) is 28.5 Å². The fourth-order valence-electron chi connectivity index (χ4n) is 3.30. The second-order valence-corrected chi connectivity index (χ2v) is 8.22. The summed E-state index contributed by atoms with van der Waals surface area (Å²) in [5, 5.41) is 7.67. The highest BCUT2D eigenvalue weighted by Gasteiger charge is 2.51. The Morgan fingerprint density at radius 1 is 1.11 bits per heavy atom. The third-order valence-electron chi connectivity index (χ3n) is 5.48. The molecular formula is C24H22F6N6O2. The molecular weight excluding hydrogens is 518 g/mol. The number of halogens is 6. The van der Waals surface area contributed by atoms with Gasteiger partial charge in [0.2, 0.25) is 5.91 Å². The molecule has 0 spiro atoms. The van der Waals surface area contributed by atoms with Gasteiger partial charge in [0.25, 0.3) is 5.91 Å². The number of carbonyl (C=O) groups excluding carboxylic acids is 2. The highest BCUT2D eigenvalue weighted by Crippen LogP contribution is 2.40. The third kappa shape index (κ3) is 6.89. The van der Waals surface area contributed by atoms with Gasteiger partial charge in [-0.3, -0.25) is 19.6 Å². The van der Waals surface area contributed by atoms with E-state index in [0.29, 0.717) is 30.7 Å².